The lowest BCUT2D eigenvalue weighted by molar-refractivity contribution is 0.0676. The van der Waals surface area contributed by atoms with Crippen molar-refractivity contribution in [1.82, 2.24) is 14.9 Å². The first kappa shape index (κ1) is 19.1. The van der Waals surface area contributed by atoms with Crippen LogP contribution in [0.1, 0.15) is 49.3 Å². The molecule has 0 radical (unpaired) electrons. The average Bonchev–Trinajstić information content (AvgIpc) is 2.94. The maximum atomic E-state index is 12.9. The standard InChI is InChI=1S/C18H28N4O3S/c1-4-22(15-7-9-26(24,25)12-15)18-19-14(3)10-16(20-18)17(23)21-8-5-6-13(2)11-21/h10,13,15H,4-9,11-12H2,1-3H3. The number of anilines is 1. The first-order valence-corrected chi connectivity index (χ1v) is 11.2. The average molecular weight is 381 g/mol. The largest absolute Gasteiger partial charge is 0.337 e. The first-order valence-electron chi connectivity index (χ1n) is 9.41. The summed E-state index contributed by atoms with van der Waals surface area (Å²) in [6.45, 7) is 8.10. The van der Waals surface area contributed by atoms with Crippen LogP contribution >= 0.6 is 0 Å². The van der Waals surface area contributed by atoms with Gasteiger partial charge in [-0.05, 0) is 45.1 Å². The Labute approximate surface area is 155 Å². The van der Waals surface area contributed by atoms with Gasteiger partial charge in [0.05, 0.1) is 11.5 Å². The predicted octanol–water partition coefficient (Wildman–Crippen LogP) is 1.67. The topological polar surface area (TPSA) is 83.5 Å². The molecule has 7 nitrogen and oxygen atoms in total. The number of likely N-dealkylation sites (tertiary alicyclic amines) is 1. The van der Waals surface area contributed by atoms with Crippen LogP contribution in [0.3, 0.4) is 0 Å². The molecule has 8 heteroatoms. The smallest absolute Gasteiger partial charge is 0.272 e. The number of carbonyl (C=O) groups is 1. The predicted molar refractivity (Wildman–Crippen MR) is 101 cm³/mol. The summed E-state index contributed by atoms with van der Waals surface area (Å²) in [5.74, 6) is 1.25. The van der Waals surface area contributed by atoms with Crippen LogP contribution in [0.25, 0.3) is 0 Å². The number of piperidine rings is 1. The number of nitrogens with zero attached hydrogens (tertiary/aromatic N) is 4. The van der Waals surface area contributed by atoms with E-state index >= 15 is 0 Å². The van der Waals surface area contributed by atoms with Gasteiger partial charge >= 0.3 is 0 Å². The van der Waals surface area contributed by atoms with Crippen LogP contribution in [0.4, 0.5) is 5.95 Å². The molecule has 144 valence electrons. The highest BCUT2D eigenvalue weighted by Crippen LogP contribution is 2.23. The Morgan fingerprint density at radius 3 is 2.73 bits per heavy atom. The number of carbonyl (C=O) groups excluding carboxylic acids is 1. The Morgan fingerprint density at radius 2 is 2.12 bits per heavy atom. The Morgan fingerprint density at radius 1 is 1.35 bits per heavy atom. The molecule has 26 heavy (non-hydrogen) atoms. The molecule has 0 spiro atoms. The summed E-state index contributed by atoms with van der Waals surface area (Å²) < 4.78 is 23.7. The molecule has 0 N–H and O–H groups in total. The number of sulfone groups is 1. The van der Waals surface area contributed by atoms with Crippen molar-refractivity contribution in [2.24, 2.45) is 5.92 Å². The minimum absolute atomic E-state index is 0.0570. The molecule has 3 heterocycles. The third-order valence-electron chi connectivity index (χ3n) is 5.25. The van der Waals surface area contributed by atoms with Gasteiger partial charge in [-0.3, -0.25) is 4.79 Å². The lowest BCUT2D eigenvalue weighted by atomic mass is 10.00. The third-order valence-corrected chi connectivity index (χ3v) is 7.00. The fourth-order valence-electron chi connectivity index (χ4n) is 3.91. The monoisotopic (exact) mass is 380 g/mol. The van der Waals surface area contributed by atoms with Crippen LogP contribution in [0.5, 0.6) is 0 Å². The first-order chi connectivity index (χ1) is 12.3. The minimum Gasteiger partial charge on any atom is -0.337 e. The molecule has 2 saturated heterocycles. The van der Waals surface area contributed by atoms with Crippen LogP contribution in [-0.4, -0.2) is 66.4 Å². The Bertz CT molecular complexity index is 781. The van der Waals surface area contributed by atoms with Crippen molar-refractivity contribution in [2.75, 3.05) is 36.0 Å². The normalized spacial score (nSPS) is 25.3. The van der Waals surface area contributed by atoms with Crippen LogP contribution in [0.15, 0.2) is 6.07 Å². The zero-order valence-corrected chi connectivity index (χ0v) is 16.6. The summed E-state index contributed by atoms with van der Waals surface area (Å²) in [5, 5.41) is 0. The van der Waals surface area contributed by atoms with E-state index in [0.717, 1.165) is 31.6 Å². The molecule has 2 unspecified atom stereocenters. The minimum atomic E-state index is -2.99. The highest BCUT2D eigenvalue weighted by molar-refractivity contribution is 7.91. The maximum Gasteiger partial charge on any atom is 0.272 e. The molecular formula is C18H28N4O3S. The summed E-state index contributed by atoms with van der Waals surface area (Å²) >= 11 is 0. The zero-order chi connectivity index (χ0) is 18.9. The summed E-state index contributed by atoms with van der Waals surface area (Å²) in [7, 11) is -2.99. The maximum absolute atomic E-state index is 12.9. The van der Waals surface area contributed by atoms with Crippen molar-refractivity contribution in [1.29, 1.82) is 0 Å². The number of hydrogen-bond acceptors (Lipinski definition) is 6. The molecule has 2 aliphatic heterocycles. The van der Waals surface area contributed by atoms with Gasteiger partial charge in [-0.15, -0.1) is 0 Å². The molecule has 3 rings (SSSR count). The van der Waals surface area contributed by atoms with Crippen molar-refractivity contribution in [3.05, 3.63) is 17.5 Å². The Kier molecular flexibility index (Phi) is 5.50. The second-order valence-electron chi connectivity index (χ2n) is 7.54. The van der Waals surface area contributed by atoms with E-state index in [1.807, 2.05) is 23.6 Å². The third kappa shape index (κ3) is 4.16. The zero-order valence-electron chi connectivity index (χ0n) is 15.8. The molecule has 1 aromatic rings. The van der Waals surface area contributed by atoms with Crippen LogP contribution < -0.4 is 4.90 Å². The second-order valence-corrected chi connectivity index (χ2v) is 9.76. The van der Waals surface area contributed by atoms with E-state index in [9.17, 15) is 13.2 Å². The van der Waals surface area contributed by atoms with Gasteiger partial charge < -0.3 is 9.80 Å². The number of amides is 1. The van der Waals surface area contributed by atoms with Crippen molar-refractivity contribution in [2.45, 2.75) is 46.1 Å². The molecule has 0 aliphatic carbocycles. The van der Waals surface area contributed by atoms with Crippen molar-refractivity contribution >= 4 is 21.7 Å². The van der Waals surface area contributed by atoms with Crippen molar-refractivity contribution in [3.63, 3.8) is 0 Å². The lowest BCUT2D eigenvalue weighted by Gasteiger charge is -2.31. The molecule has 0 aromatic carbocycles. The Balaban J connectivity index is 1.85. The highest BCUT2D eigenvalue weighted by Gasteiger charge is 2.33. The molecule has 2 atom stereocenters. The van der Waals surface area contributed by atoms with Gasteiger partial charge in [0.2, 0.25) is 5.95 Å². The highest BCUT2D eigenvalue weighted by atomic mass is 32.2. The van der Waals surface area contributed by atoms with E-state index in [1.165, 1.54) is 0 Å². The molecule has 2 fully saturated rings. The summed E-state index contributed by atoms with van der Waals surface area (Å²) in [5.41, 5.74) is 1.13. The molecule has 1 aromatic heterocycles. The SMILES string of the molecule is CCN(c1nc(C)cc(C(=O)N2CCCC(C)C2)n1)C1CCS(=O)(=O)C1. The van der Waals surface area contributed by atoms with Gasteiger partial charge in [-0.1, -0.05) is 6.92 Å². The number of aryl methyl sites for hydroxylation is 1. The van der Waals surface area contributed by atoms with Gasteiger partial charge in [0.15, 0.2) is 9.84 Å². The quantitative estimate of drug-likeness (QED) is 0.790. The van der Waals surface area contributed by atoms with Gasteiger partial charge in [0.25, 0.3) is 5.91 Å². The van der Waals surface area contributed by atoms with E-state index < -0.39 is 9.84 Å². The van der Waals surface area contributed by atoms with E-state index in [1.54, 1.807) is 6.07 Å². The van der Waals surface area contributed by atoms with E-state index in [2.05, 4.69) is 16.9 Å². The van der Waals surface area contributed by atoms with Crippen molar-refractivity contribution in [3.8, 4) is 0 Å². The van der Waals surface area contributed by atoms with Crippen LogP contribution in [0.2, 0.25) is 0 Å². The van der Waals surface area contributed by atoms with Crippen molar-refractivity contribution < 1.29 is 13.2 Å². The fourth-order valence-corrected chi connectivity index (χ4v) is 5.64. The summed E-state index contributed by atoms with van der Waals surface area (Å²) in [4.78, 5) is 25.7. The van der Waals surface area contributed by atoms with Crippen LogP contribution in [0, 0.1) is 12.8 Å². The molecule has 0 bridgehead atoms. The molecule has 2 aliphatic rings. The van der Waals surface area contributed by atoms with Gasteiger partial charge in [0, 0.05) is 31.4 Å². The van der Waals surface area contributed by atoms with E-state index in [-0.39, 0.29) is 23.5 Å². The number of aromatic nitrogens is 2. The molecule has 0 saturated carbocycles. The van der Waals surface area contributed by atoms with Gasteiger partial charge in [-0.2, -0.15) is 0 Å². The van der Waals surface area contributed by atoms with E-state index in [4.69, 9.17) is 0 Å². The van der Waals surface area contributed by atoms with Crippen LogP contribution in [-0.2, 0) is 9.84 Å². The Hall–Kier alpha value is -1.70. The number of rotatable bonds is 4. The number of hydrogen-bond donors (Lipinski definition) is 0. The molecule has 1 amide bonds. The summed E-state index contributed by atoms with van der Waals surface area (Å²) in [6, 6.07) is 1.61. The second kappa shape index (κ2) is 7.50. The molecular weight excluding hydrogens is 352 g/mol. The van der Waals surface area contributed by atoms with E-state index in [0.29, 0.717) is 30.5 Å². The fraction of sp³-hybridized carbons (Fsp3) is 0.722. The van der Waals surface area contributed by atoms with Gasteiger partial charge in [-0.25, -0.2) is 18.4 Å². The van der Waals surface area contributed by atoms with Gasteiger partial charge in [0.1, 0.15) is 5.69 Å². The summed E-state index contributed by atoms with van der Waals surface area (Å²) in [6.07, 6.45) is 2.75. The lowest BCUT2D eigenvalue weighted by Crippen LogP contribution is -2.40.